The minimum Gasteiger partial charge on any atom is -0.481 e. The van der Waals surface area contributed by atoms with Gasteiger partial charge in [0.05, 0.1) is 5.92 Å². The highest BCUT2D eigenvalue weighted by atomic mass is 16.4. The summed E-state index contributed by atoms with van der Waals surface area (Å²) in [7, 11) is 0. The van der Waals surface area contributed by atoms with Gasteiger partial charge in [-0.1, -0.05) is 13.8 Å². The Balaban J connectivity index is 2.15. The van der Waals surface area contributed by atoms with Crippen LogP contribution in [-0.4, -0.2) is 34.1 Å². The van der Waals surface area contributed by atoms with Gasteiger partial charge in [0.25, 0.3) is 5.56 Å². The van der Waals surface area contributed by atoms with E-state index in [2.05, 4.69) is 9.97 Å². The van der Waals surface area contributed by atoms with Crippen molar-refractivity contribution in [1.82, 2.24) is 9.97 Å². The van der Waals surface area contributed by atoms with E-state index >= 15 is 0 Å². The highest BCUT2D eigenvalue weighted by Gasteiger charge is 2.25. The number of aromatic nitrogens is 2. The van der Waals surface area contributed by atoms with E-state index < -0.39 is 5.97 Å². The third-order valence-electron chi connectivity index (χ3n) is 3.46. The Morgan fingerprint density at radius 2 is 2.11 bits per heavy atom. The number of nitrogens with zero attached hydrogens (tertiary/aromatic N) is 2. The fourth-order valence-corrected chi connectivity index (χ4v) is 2.25. The molecule has 0 unspecified atom stereocenters. The first-order valence-electron chi connectivity index (χ1n) is 6.56. The van der Waals surface area contributed by atoms with E-state index in [1.54, 1.807) is 0 Å². The highest BCUT2D eigenvalue weighted by Crippen LogP contribution is 2.22. The van der Waals surface area contributed by atoms with Gasteiger partial charge >= 0.3 is 5.97 Å². The zero-order valence-corrected chi connectivity index (χ0v) is 11.2. The van der Waals surface area contributed by atoms with Gasteiger partial charge in [-0.3, -0.25) is 9.59 Å². The molecule has 2 N–H and O–H groups in total. The standard InChI is InChI=1S/C13H19N3O3/c1-8(2)12-14-10(7-11(17)15-12)16-5-3-9(4-6-16)13(18)19/h7-9H,3-6H2,1-2H3,(H,18,19)(H,14,15,17). The molecule has 1 saturated heterocycles. The van der Waals surface area contributed by atoms with Crippen LogP contribution in [0.15, 0.2) is 10.9 Å². The summed E-state index contributed by atoms with van der Waals surface area (Å²) in [4.78, 5) is 31.7. The van der Waals surface area contributed by atoms with E-state index in [4.69, 9.17) is 5.11 Å². The maximum atomic E-state index is 11.6. The zero-order chi connectivity index (χ0) is 14.0. The summed E-state index contributed by atoms with van der Waals surface area (Å²) in [6, 6.07) is 1.48. The summed E-state index contributed by atoms with van der Waals surface area (Å²) >= 11 is 0. The summed E-state index contributed by atoms with van der Waals surface area (Å²) < 4.78 is 0. The van der Waals surface area contributed by atoms with Gasteiger partial charge in [-0.05, 0) is 12.8 Å². The lowest BCUT2D eigenvalue weighted by molar-refractivity contribution is -0.142. The minimum atomic E-state index is -0.735. The maximum Gasteiger partial charge on any atom is 0.306 e. The minimum absolute atomic E-state index is 0.157. The lowest BCUT2D eigenvalue weighted by atomic mass is 9.97. The Hall–Kier alpha value is -1.85. The first-order chi connectivity index (χ1) is 8.97. The average molecular weight is 265 g/mol. The number of nitrogens with one attached hydrogen (secondary N) is 1. The van der Waals surface area contributed by atoms with Crippen LogP contribution < -0.4 is 10.5 Å². The maximum absolute atomic E-state index is 11.6. The second-order valence-electron chi connectivity index (χ2n) is 5.24. The van der Waals surface area contributed by atoms with Gasteiger partial charge < -0.3 is 15.0 Å². The van der Waals surface area contributed by atoms with Gasteiger partial charge in [0.1, 0.15) is 11.6 Å². The largest absolute Gasteiger partial charge is 0.481 e. The second kappa shape index (κ2) is 5.42. The molecule has 6 heteroatoms. The molecule has 0 bridgehead atoms. The van der Waals surface area contributed by atoms with Crippen LogP contribution in [0.4, 0.5) is 5.82 Å². The van der Waals surface area contributed by atoms with Crippen molar-refractivity contribution in [3.63, 3.8) is 0 Å². The molecule has 0 atom stereocenters. The normalized spacial score (nSPS) is 16.9. The molecule has 104 valence electrons. The molecule has 2 heterocycles. The molecule has 2 rings (SSSR count). The van der Waals surface area contributed by atoms with Crippen LogP contribution in [0.5, 0.6) is 0 Å². The van der Waals surface area contributed by atoms with E-state index in [0.29, 0.717) is 37.6 Å². The van der Waals surface area contributed by atoms with Crippen LogP contribution >= 0.6 is 0 Å². The molecular formula is C13H19N3O3. The number of hydrogen-bond donors (Lipinski definition) is 2. The third kappa shape index (κ3) is 3.13. The Bertz CT molecular complexity index is 516. The van der Waals surface area contributed by atoms with Crippen molar-refractivity contribution >= 4 is 11.8 Å². The van der Waals surface area contributed by atoms with E-state index in [1.807, 2.05) is 18.7 Å². The van der Waals surface area contributed by atoms with Crippen molar-refractivity contribution in [3.05, 3.63) is 22.2 Å². The Kier molecular flexibility index (Phi) is 3.87. The molecule has 1 aliphatic rings. The van der Waals surface area contributed by atoms with Crippen LogP contribution in [0.2, 0.25) is 0 Å². The lowest BCUT2D eigenvalue weighted by Crippen LogP contribution is -2.37. The molecule has 6 nitrogen and oxygen atoms in total. The van der Waals surface area contributed by atoms with E-state index in [9.17, 15) is 9.59 Å². The van der Waals surface area contributed by atoms with Crippen LogP contribution in [-0.2, 0) is 4.79 Å². The van der Waals surface area contributed by atoms with Gasteiger partial charge in [0.15, 0.2) is 0 Å². The van der Waals surface area contributed by atoms with E-state index in [1.165, 1.54) is 6.07 Å². The Morgan fingerprint density at radius 1 is 1.47 bits per heavy atom. The average Bonchev–Trinajstić information content (AvgIpc) is 2.38. The quantitative estimate of drug-likeness (QED) is 0.857. The Labute approximate surface area is 111 Å². The molecule has 1 aromatic rings. The van der Waals surface area contributed by atoms with Crippen LogP contribution in [0.1, 0.15) is 38.4 Å². The van der Waals surface area contributed by atoms with Gasteiger partial charge in [0.2, 0.25) is 0 Å². The van der Waals surface area contributed by atoms with E-state index in [-0.39, 0.29) is 17.4 Å². The van der Waals surface area contributed by atoms with Crippen LogP contribution in [0, 0.1) is 5.92 Å². The third-order valence-corrected chi connectivity index (χ3v) is 3.46. The van der Waals surface area contributed by atoms with Gasteiger partial charge in [0, 0.05) is 25.1 Å². The molecule has 19 heavy (non-hydrogen) atoms. The molecule has 0 saturated carbocycles. The number of hydrogen-bond acceptors (Lipinski definition) is 4. The first kappa shape index (κ1) is 13.6. The second-order valence-corrected chi connectivity index (χ2v) is 5.24. The van der Waals surface area contributed by atoms with Crippen LogP contribution in [0.25, 0.3) is 0 Å². The summed E-state index contributed by atoms with van der Waals surface area (Å²) in [6.07, 6.45) is 1.20. The number of H-pyrrole nitrogens is 1. The molecule has 0 aliphatic carbocycles. The van der Waals surface area contributed by atoms with Crippen LogP contribution in [0.3, 0.4) is 0 Å². The number of anilines is 1. The fourth-order valence-electron chi connectivity index (χ4n) is 2.25. The summed E-state index contributed by atoms with van der Waals surface area (Å²) in [5, 5.41) is 8.97. The molecule has 0 spiro atoms. The SMILES string of the molecule is CC(C)c1nc(N2CCC(C(=O)O)CC2)cc(=O)[nH]1. The predicted octanol–water partition coefficient (Wildman–Crippen LogP) is 1.19. The highest BCUT2D eigenvalue weighted by molar-refractivity contribution is 5.70. The number of carbonyl (C=O) groups is 1. The van der Waals surface area contributed by atoms with Crippen molar-refractivity contribution in [3.8, 4) is 0 Å². The summed E-state index contributed by atoms with van der Waals surface area (Å²) in [5.74, 6) is 0.465. The number of carboxylic acids is 1. The van der Waals surface area contributed by atoms with Gasteiger partial charge in [-0.25, -0.2) is 4.98 Å². The topological polar surface area (TPSA) is 86.3 Å². The number of aliphatic carboxylic acids is 1. The monoisotopic (exact) mass is 265 g/mol. The zero-order valence-electron chi connectivity index (χ0n) is 11.2. The molecule has 1 fully saturated rings. The molecule has 1 aromatic heterocycles. The molecule has 0 aromatic carbocycles. The lowest BCUT2D eigenvalue weighted by Gasteiger charge is -2.31. The Morgan fingerprint density at radius 3 is 2.63 bits per heavy atom. The number of rotatable bonds is 3. The molecule has 0 radical (unpaired) electrons. The number of aromatic amines is 1. The fraction of sp³-hybridized carbons (Fsp3) is 0.615. The van der Waals surface area contributed by atoms with Crippen molar-refractivity contribution in [2.75, 3.05) is 18.0 Å². The molecule has 0 amide bonds. The number of piperidine rings is 1. The molecular weight excluding hydrogens is 246 g/mol. The van der Waals surface area contributed by atoms with Crippen molar-refractivity contribution in [1.29, 1.82) is 0 Å². The summed E-state index contributed by atoms with van der Waals surface area (Å²) in [5.41, 5.74) is -0.158. The van der Waals surface area contributed by atoms with Gasteiger partial charge in [-0.2, -0.15) is 0 Å². The van der Waals surface area contributed by atoms with E-state index in [0.717, 1.165) is 0 Å². The molecule has 1 aliphatic heterocycles. The van der Waals surface area contributed by atoms with Crippen molar-refractivity contribution < 1.29 is 9.90 Å². The first-order valence-corrected chi connectivity index (χ1v) is 6.56. The summed E-state index contributed by atoms with van der Waals surface area (Å²) in [6.45, 7) is 5.20. The van der Waals surface area contributed by atoms with Crippen molar-refractivity contribution in [2.24, 2.45) is 5.92 Å². The van der Waals surface area contributed by atoms with Crippen molar-refractivity contribution in [2.45, 2.75) is 32.6 Å². The predicted molar refractivity (Wildman–Crippen MR) is 71.5 cm³/mol. The van der Waals surface area contributed by atoms with Gasteiger partial charge in [-0.15, -0.1) is 0 Å². The number of carboxylic acid groups (broad SMARTS) is 1. The smallest absolute Gasteiger partial charge is 0.306 e.